The first kappa shape index (κ1) is 34.1. The van der Waals surface area contributed by atoms with E-state index in [-0.39, 0.29) is 22.5 Å². The Balaban J connectivity index is 1.29. The Morgan fingerprint density at radius 3 is 1.28 bits per heavy atom. The highest BCUT2D eigenvalue weighted by atomic mass is 32.2. The fourth-order valence-electron chi connectivity index (χ4n) is 5.09. The van der Waals surface area contributed by atoms with E-state index >= 15 is 0 Å². The summed E-state index contributed by atoms with van der Waals surface area (Å²) < 4.78 is 69.7. The molecule has 0 aliphatic carbocycles. The number of hydrogen-bond donors (Lipinski definition) is 2. The standard InChI is InChI=1S/C32H26N8O8S2/c1-19-29(31(41)39(37-19)23-9-5-3-6-10-23)35-33-25-15-13-21(17-27(25)49(43,44)45)22-14-16-26(28(18-22)50(46,47)48)34-36-30-20(2)38-40(32(30)42)24-11-7-4-8-12-24/h3-18,29-30H,1-2H3,(H,43,44,45)(H,46,47,48). The second-order valence-corrected chi connectivity index (χ2v) is 13.8. The van der Waals surface area contributed by atoms with Crippen molar-refractivity contribution in [2.24, 2.45) is 30.7 Å². The molecule has 0 fully saturated rings. The highest BCUT2D eigenvalue weighted by Crippen LogP contribution is 2.35. The predicted octanol–water partition coefficient (Wildman–Crippen LogP) is 5.60. The molecule has 0 saturated carbocycles. The fraction of sp³-hybridized carbons (Fsp3) is 0.125. The molecule has 254 valence electrons. The van der Waals surface area contributed by atoms with Gasteiger partial charge in [-0.05, 0) is 73.5 Å². The van der Waals surface area contributed by atoms with E-state index in [1.807, 2.05) is 0 Å². The SMILES string of the molecule is CC1=NN(c2ccccc2)C(=O)C1N=Nc1ccc(-c2ccc(N=NC3C(=O)N(c4ccccc4)N=C3C)c(S(=O)(=O)O)c2)cc1S(=O)(=O)O. The smallest absolute Gasteiger partial charge is 0.282 e. The molecule has 2 atom stereocenters. The summed E-state index contributed by atoms with van der Waals surface area (Å²) in [5, 5.41) is 26.7. The van der Waals surface area contributed by atoms with Crippen LogP contribution in [0.15, 0.2) is 138 Å². The van der Waals surface area contributed by atoms with Gasteiger partial charge in [0.25, 0.3) is 32.1 Å². The number of anilines is 2. The van der Waals surface area contributed by atoms with Crippen molar-refractivity contribution in [2.75, 3.05) is 10.0 Å². The van der Waals surface area contributed by atoms with Crippen LogP contribution in [0.3, 0.4) is 0 Å². The summed E-state index contributed by atoms with van der Waals surface area (Å²) in [4.78, 5) is 24.6. The van der Waals surface area contributed by atoms with Crippen molar-refractivity contribution in [1.82, 2.24) is 0 Å². The van der Waals surface area contributed by atoms with Crippen LogP contribution in [0, 0.1) is 0 Å². The van der Waals surface area contributed by atoms with Gasteiger partial charge in [-0.1, -0.05) is 48.5 Å². The second-order valence-electron chi connectivity index (χ2n) is 11.0. The van der Waals surface area contributed by atoms with E-state index < -0.39 is 53.9 Å². The predicted molar refractivity (Wildman–Crippen MR) is 182 cm³/mol. The number of para-hydroxylation sites is 2. The molecular weight excluding hydrogens is 689 g/mol. The summed E-state index contributed by atoms with van der Waals surface area (Å²) in [5.41, 5.74) is 1.19. The molecule has 0 aromatic heterocycles. The molecule has 2 amide bonds. The van der Waals surface area contributed by atoms with E-state index in [4.69, 9.17) is 0 Å². The minimum absolute atomic E-state index is 0.0994. The Morgan fingerprint density at radius 1 is 0.580 bits per heavy atom. The molecule has 16 nitrogen and oxygen atoms in total. The molecule has 2 unspecified atom stereocenters. The summed E-state index contributed by atoms with van der Waals surface area (Å²) in [6.07, 6.45) is 0. The van der Waals surface area contributed by atoms with Gasteiger partial charge in [0.05, 0.1) is 22.8 Å². The maximum atomic E-state index is 13.0. The summed E-state index contributed by atoms with van der Waals surface area (Å²) >= 11 is 0. The van der Waals surface area contributed by atoms with Crippen LogP contribution >= 0.6 is 0 Å². The number of hydrogen-bond acceptors (Lipinski definition) is 12. The Kier molecular flexibility index (Phi) is 9.02. The normalized spacial score (nSPS) is 18.4. The first-order valence-corrected chi connectivity index (χ1v) is 17.5. The van der Waals surface area contributed by atoms with Gasteiger partial charge in [0.2, 0.25) is 0 Å². The highest BCUT2D eigenvalue weighted by molar-refractivity contribution is 7.86. The Morgan fingerprint density at radius 2 is 0.940 bits per heavy atom. The Bertz CT molecular complexity index is 2200. The quantitative estimate of drug-likeness (QED) is 0.164. The second kappa shape index (κ2) is 13.2. The number of nitrogens with zero attached hydrogens (tertiary/aromatic N) is 8. The summed E-state index contributed by atoms with van der Waals surface area (Å²) in [5.74, 6) is -1.04. The number of hydrazone groups is 2. The lowest BCUT2D eigenvalue weighted by atomic mass is 10.0. The first-order valence-electron chi connectivity index (χ1n) is 14.7. The summed E-state index contributed by atoms with van der Waals surface area (Å²) in [6.45, 7) is 3.13. The third-order valence-corrected chi connectivity index (χ3v) is 9.33. The highest BCUT2D eigenvalue weighted by Gasteiger charge is 2.36. The van der Waals surface area contributed by atoms with Crippen molar-refractivity contribution in [3.8, 4) is 11.1 Å². The van der Waals surface area contributed by atoms with Gasteiger partial charge >= 0.3 is 0 Å². The topological polar surface area (TPSA) is 224 Å². The van der Waals surface area contributed by atoms with Crippen LogP contribution in [0.25, 0.3) is 11.1 Å². The lowest BCUT2D eigenvalue weighted by Crippen LogP contribution is -2.29. The van der Waals surface area contributed by atoms with Gasteiger partial charge in [-0.2, -0.15) is 57.5 Å². The lowest BCUT2D eigenvalue weighted by Gasteiger charge is -2.12. The van der Waals surface area contributed by atoms with Gasteiger partial charge in [0.1, 0.15) is 21.2 Å². The molecule has 4 aromatic carbocycles. The summed E-state index contributed by atoms with van der Waals surface area (Å²) in [7, 11) is -9.84. The minimum atomic E-state index is -4.92. The molecule has 2 aliphatic heterocycles. The van der Waals surface area contributed by atoms with Crippen molar-refractivity contribution >= 4 is 66.2 Å². The number of rotatable bonds is 9. The van der Waals surface area contributed by atoms with Crippen LogP contribution in [0.4, 0.5) is 22.7 Å². The minimum Gasteiger partial charge on any atom is -0.282 e. The van der Waals surface area contributed by atoms with E-state index in [9.17, 15) is 35.5 Å². The molecule has 50 heavy (non-hydrogen) atoms. The molecule has 0 spiro atoms. The van der Waals surface area contributed by atoms with Gasteiger partial charge in [-0.15, -0.1) is 0 Å². The maximum absolute atomic E-state index is 13.0. The molecule has 2 heterocycles. The van der Waals surface area contributed by atoms with Crippen LogP contribution in [0.5, 0.6) is 0 Å². The van der Waals surface area contributed by atoms with E-state index in [0.29, 0.717) is 22.8 Å². The molecule has 18 heteroatoms. The van der Waals surface area contributed by atoms with Gasteiger partial charge < -0.3 is 0 Å². The summed E-state index contributed by atoms with van der Waals surface area (Å²) in [6, 6.07) is 22.1. The molecule has 6 rings (SSSR count). The maximum Gasteiger partial charge on any atom is 0.296 e. The van der Waals surface area contributed by atoms with Crippen LogP contribution in [0.2, 0.25) is 0 Å². The third kappa shape index (κ3) is 6.85. The van der Waals surface area contributed by atoms with E-state index in [0.717, 1.165) is 22.2 Å². The van der Waals surface area contributed by atoms with Gasteiger partial charge in [0.15, 0.2) is 12.1 Å². The van der Waals surface area contributed by atoms with Gasteiger partial charge in [-0.3, -0.25) is 18.7 Å². The molecule has 4 aromatic rings. The Hall–Kier alpha value is -5.82. The molecule has 2 N–H and O–H groups in total. The first-order chi connectivity index (χ1) is 23.7. The van der Waals surface area contributed by atoms with Crippen LogP contribution in [-0.4, -0.2) is 61.3 Å². The number of azo groups is 2. The zero-order valence-electron chi connectivity index (χ0n) is 26.1. The fourth-order valence-corrected chi connectivity index (χ4v) is 6.39. The molecule has 0 saturated heterocycles. The van der Waals surface area contributed by atoms with Crippen LogP contribution in [0.1, 0.15) is 13.8 Å². The van der Waals surface area contributed by atoms with Crippen molar-refractivity contribution in [2.45, 2.75) is 35.7 Å². The van der Waals surface area contributed by atoms with Crippen molar-refractivity contribution in [3.05, 3.63) is 97.1 Å². The van der Waals surface area contributed by atoms with E-state index in [1.54, 1.807) is 74.5 Å². The van der Waals surface area contributed by atoms with E-state index in [1.165, 1.54) is 24.3 Å². The third-order valence-electron chi connectivity index (χ3n) is 7.56. The Labute approximate surface area is 285 Å². The average molecular weight is 715 g/mol. The van der Waals surface area contributed by atoms with Crippen molar-refractivity contribution in [3.63, 3.8) is 0 Å². The number of benzene rings is 4. The average Bonchev–Trinajstić information content (AvgIpc) is 3.54. The number of carbonyl (C=O) groups excluding carboxylic acids is 2. The van der Waals surface area contributed by atoms with Crippen LogP contribution < -0.4 is 10.0 Å². The number of amides is 2. The van der Waals surface area contributed by atoms with Gasteiger partial charge in [0, 0.05) is 0 Å². The van der Waals surface area contributed by atoms with E-state index in [2.05, 4.69) is 30.7 Å². The van der Waals surface area contributed by atoms with Crippen LogP contribution in [-0.2, 0) is 29.8 Å². The van der Waals surface area contributed by atoms with Gasteiger partial charge in [-0.25, -0.2) is 0 Å². The monoisotopic (exact) mass is 714 g/mol. The zero-order chi connectivity index (χ0) is 35.8. The number of carbonyl (C=O) groups is 2. The lowest BCUT2D eigenvalue weighted by molar-refractivity contribution is -0.118. The zero-order valence-corrected chi connectivity index (χ0v) is 27.8. The van der Waals surface area contributed by atoms with Crippen molar-refractivity contribution in [1.29, 1.82) is 0 Å². The molecule has 2 aliphatic rings. The molecule has 0 bridgehead atoms. The molecule has 0 radical (unpaired) electrons. The largest absolute Gasteiger partial charge is 0.296 e. The van der Waals surface area contributed by atoms with Crippen molar-refractivity contribution < 1.29 is 35.5 Å². The molecular formula is C32H26N8O8S2.